The highest BCUT2D eigenvalue weighted by Gasteiger charge is 2.26. The van der Waals surface area contributed by atoms with Crippen molar-refractivity contribution < 1.29 is 14.7 Å². The molecule has 0 spiro atoms. The Morgan fingerprint density at radius 1 is 1.25 bits per heavy atom. The van der Waals surface area contributed by atoms with E-state index in [2.05, 4.69) is 5.32 Å². The van der Waals surface area contributed by atoms with Crippen LogP contribution in [0.3, 0.4) is 0 Å². The third-order valence-corrected chi connectivity index (χ3v) is 3.31. The van der Waals surface area contributed by atoms with Crippen LogP contribution in [-0.4, -0.2) is 66.7 Å². The predicted molar refractivity (Wildman–Crippen MR) is 77.6 cm³/mol. The van der Waals surface area contributed by atoms with Crippen LogP contribution in [0.15, 0.2) is 12.2 Å². The maximum atomic E-state index is 12.2. The minimum atomic E-state index is -0.837. The lowest BCUT2D eigenvalue weighted by molar-refractivity contribution is -0.140. The zero-order chi connectivity index (χ0) is 15.1. The molecule has 2 amide bonds. The first-order chi connectivity index (χ1) is 9.43. The lowest BCUT2D eigenvalue weighted by Crippen LogP contribution is -2.46. The molecular formula is C14H25N3O3. The number of carbonyl (C=O) groups excluding carboxylic acids is 1. The monoisotopic (exact) mass is 283 g/mol. The van der Waals surface area contributed by atoms with Gasteiger partial charge in [-0.2, -0.15) is 0 Å². The van der Waals surface area contributed by atoms with Gasteiger partial charge in [-0.3, -0.25) is 4.79 Å². The highest BCUT2D eigenvalue weighted by Crippen LogP contribution is 2.18. The third kappa shape index (κ3) is 5.21. The fourth-order valence-electron chi connectivity index (χ4n) is 2.14. The van der Waals surface area contributed by atoms with Crippen LogP contribution in [0.4, 0.5) is 4.79 Å². The number of likely N-dealkylation sites (N-methyl/N-ethyl adjacent to an activating group) is 1. The summed E-state index contributed by atoms with van der Waals surface area (Å²) in [5.74, 6) is -1.32. The third-order valence-electron chi connectivity index (χ3n) is 3.31. The Morgan fingerprint density at radius 3 is 2.45 bits per heavy atom. The largest absolute Gasteiger partial charge is 0.481 e. The number of nitrogens with zero attached hydrogens (tertiary/aromatic N) is 2. The summed E-state index contributed by atoms with van der Waals surface area (Å²) in [5.41, 5.74) is 0. The molecule has 20 heavy (non-hydrogen) atoms. The van der Waals surface area contributed by atoms with Crippen molar-refractivity contribution in [3.63, 3.8) is 0 Å². The quantitative estimate of drug-likeness (QED) is 0.684. The molecule has 0 aromatic heterocycles. The van der Waals surface area contributed by atoms with Crippen LogP contribution in [0.1, 0.15) is 19.8 Å². The van der Waals surface area contributed by atoms with E-state index in [9.17, 15) is 9.59 Å². The zero-order valence-electron chi connectivity index (χ0n) is 12.5. The summed E-state index contributed by atoms with van der Waals surface area (Å²) in [6.45, 7) is 4.22. The molecule has 0 saturated carbocycles. The molecule has 0 bridgehead atoms. The van der Waals surface area contributed by atoms with Crippen molar-refractivity contribution >= 4 is 12.0 Å². The number of aliphatic carboxylic acids is 1. The van der Waals surface area contributed by atoms with Gasteiger partial charge >= 0.3 is 12.0 Å². The van der Waals surface area contributed by atoms with Crippen LogP contribution in [0, 0.1) is 5.92 Å². The Bertz CT molecular complexity index is 369. The summed E-state index contributed by atoms with van der Waals surface area (Å²) >= 11 is 0. The van der Waals surface area contributed by atoms with Gasteiger partial charge in [0.25, 0.3) is 0 Å². The second kappa shape index (κ2) is 7.89. The minimum Gasteiger partial charge on any atom is -0.481 e. The molecule has 1 rings (SSSR count). The molecule has 6 nitrogen and oxygen atoms in total. The maximum Gasteiger partial charge on any atom is 0.317 e. The topological polar surface area (TPSA) is 72.9 Å². The number of urea groups is 1. The van der Waals surface area contributed by atoms with E-state index in [4.69, 9.17) is 5.11 Å². The van der Waals surface area contributed by atoms with Gasteiger partial charge in [0.05, 0.1) is 12.0 Å². The first-order valence-electron chi connectivity index (χ1n) is 7.05. The molecule has 2 atom stereocenters. The van der Waals surface area contributed by atoms with Gasteiger partial charge in [-0.15, -0.1) is 0 Å². The number of nitrogens with one attached hydrogen (secondary N) is 1. The Labute approximate surface area is 120 Å². The molecule has 0 aliphatic heterocycles. The van der Waals surface area contributed by atoms with Crippen molar-refractivity contribution in [1.29, 1.82) is 0 Å². The predicted octanol–water partition coefficient (Wildman–Crippen LogP) is 0.999. The van der Waals surface area contributed by atoms with Gasteiger partial charge in [0.2, 0.25) is 0 Å². The van der Waals surface area contributed by atoms with Crippen LogP contribution < -0.4 is 5.32 Å². The second-order valence-electron chi connectivity index (χ2n) is 5.41. The Hall–Kier alpha value is -1.56. The van der Waals surface area contributed by atoms with E-state index < -0.39 is 11.9 Å². The van der Waals surface area contributed by atoms with E-state index in [0.717, 1.165) is 13.0 Å². The number of rotatable bonds is 7. The molecule has 6 heteroatoms. The summed E-state index contributed by atoms with van der Waals surface area (Å²) in [7, 11) is 3.94. The molecule has 114 valence electrons. The van der Waals surface area contributed by atoms with Crippen molar-refractivity contribution in [1.82, 2.24) is 15.1 Å². The molecule has 2 unspecified atom stereocenters. The molecule has 0 aromatic carbocycles. The number of carbonyl (C=O) groups is 2. The molecule has 1 aliphatic carbocycles. The van der Waals surface area contributed by atoms with Gasteiger partial charge in [-0.25, -0.2) is 4.79 Å². The van der Waals surface area contributed by atoms with E-state index in [0.29, 0.717) is 19.5 Å². The van der Waals surface area contributed by atoms with Crippen LogP contribution in [0.5, 0.6) is 0 Å². The number of hydrogen-bond donors (Lipinski definition) is 2. The number of amides is 2. The summed E-state index contributed by atoms with van der Waals surface area (Å²) in [4.78, 5) is 26.9. The van der Waals surface area contributed by atoms with E-state index in [-0.39, 0.29) is 12.1 Å². The fourth-order valence-corrected chi connectivity index (χ4v) is 2.14. The molecule has 0 saturated heterocycles. The van der Waals surface area contributed by atoms with Crippen LogP contribution in [0.25, 0.3) is 0 Å². The van der Waals surface area contributed by atoms with Gasteiger partial charge in [0.15, 0.2) is 0 Å². The average Bonchev–Trinajstić information content (AvgIpc) is 2.82. The Kier molecular flexibility index (Phi) is 6.51. The number of hydrogen-bond acceptors (Lipinski definition) is 3. The van der Waals surface area contributed by atoms with Crippen molar-refractivity contribution in [3.05, 3.63) is 12.2 Å². The van der Waals surface area contributed by atoms with Crippen LogP contribution >= 0.6 is 0 Å². The summed E-state index contributed by atoms with van der Waals surface area (Å²) < 4.78 is 0. The number of carboxylic acid groups (broad SMARTS) is 1. The van der Waals surface area contributed by atoms with E-state index in [1.54, 1.807) is 17.1 Å². The van der Waals surface area contributed by atoms with Crippen LogP contribution in [0.2, 0.25) is 0 Å². The second-order valence-corrected chi connectivity index (χ2v) is 5.41. The molecule has 0 fully saturated rings. The van der Waals surface area contributed by atoms with Gasteiger partial charge < -0.3 is 20.2 Å². The van der Waals surface area contributed by atoms with E-state index in [1.807, 2.05) is 25.9 Å². The molecule has 0 heterocycles. The lowest BCUT2D eigenvalue weighted by Gasteiger charge is -2.25. The average molecular weight is 283 g/mol. The van der Waals surface area contributed by atoms with Crippen molar-refractivity contribution in [2.75, 3.05) is 33.7 Å². The lowest BCUT2D eigenvalue weighted by atomic mass is 10.1. The summed E-state index contributed by atoms with van der Waals surface area (Å²) in [5, 5.41) is 11.8. The SMILES string of the molecule is CCCN(CCN(C)C)C(=O)NC1C=CC(C(=O)O)C1. The normalized spacial score (nSPS) is 21.2. The summed E-state index contributed by atoms with van der Waals surface area (Å²) in [6.07, 6.45) is 4.76. The van der Waals surface area contributed by atoms with Crippen molar-refractivity contribution in [3.8, 4) is 0 Å². The highest BCUT2D eigenvalue weighted by molar-refractivity contribution is 5.76. The molecule has 1 aliphatic rings. The van der Waals surface area contributed by atoms with Gasteiger partial charge in [-0.05, 0) is 26.9 Å². The van der Waals surface area contributed by atoms with Crippen molar-refractivity contribution in [2.24, 2.45) is 5.92 Å². The molecule has 0 aromatic rings. The first-order valence-corrected chi connectivity index (χ1v) is 7.05. The summed E-state index contributed by atoms with van der Waals surface area (Å²) in [6, 6.07) is -0.295. The highest BCUT2D eigenvalue weighted by atomic mass is 16.4. The first kappa shape index (κ1) is 16.5. The van der Waals surface area contributed by atoms with Crippen molar-refractivity contribution in [2.45, 2.75) is 25.8 Å². The maximum absolute atomic E-state index is 12.2. The Balaban J connectivity index is 2.46. The number of carboxylic acids is 1. The van der Waals surface area contributed by atoms with Gasteiger partial charge in [0.1, 0.15) is 0 Å². The smallest absolute Gasteiger partial charge is 0.317 e. The van der Waals surface area contributed by atoms with Gasteiger partial charge in [-0.1, -0.05) is 19.1 Å². The fraction of sp³-hybridized carbons (Fsp3) is 0.714. The van der Waals surface area contributed by atoms with E-state index >= 15 is 0 Å². The van der Waals surface area contributed by atoms with Gasteiger partial charge in [0, 0.05) is 19.6 Å². The molecule has 2 N–H and O–H groups in total. The standard InChI is InChI=1S/C14H25N3O3/c1-4-7-17(9-8-16(2)3)14(20)15-12-6-5-11(10-12)13(18)19/h5-6,11-12H,4,7-10H2,1-3H3,(H,15,20)(H,18,19). The van der Waals surface area contributed by atoms with E-state index in [1.165, 1.54) is 0 Å². The van der Waals surface area contributed by atoms with Crippen LogP contribution in [-0.2, 0) is 4.79 Å². The Morgan fingerprint density at radius 2 is 1.95 bits per heavy atom. The molecule has 0 radical (unpaired) electrons. The zero-order valence-corrected chi connectivity index (χ0v) is 12.5. The molecular weight excluding hydrogens is 258 g/mol. The minimum absolute atomic E-state index is 0.116.